The summed E-state index contributed by atoms with van der Waals surface area (Å²) in [6.45, 7) is 4.27. The van der Waals surface area contributed by atoms with Crippen molar-refractivity contribution in [2.24, 2.45) is 5.92 Å². The van der Waals surface area contributed by atoms with E-state index in [9.17, 15) is 9.59 Å². The van der Waals surface area contributed by atoms with Gasteiger partial charge in [0.2, 0.25) is 6.79 Å². The highest BCUT2D eigenvalue weighted by Gasteiger charge is 2.29. The zero-order valence-corrected chi connectivity index (χ0v) is 19.8. The van der Waals surface area contributed by atoms with Crippen LogP contribution in [0.3, 0.4) is 0 Å². The molecule has 0 fully saturated rings. The monoisotopic (exact) mass is 496 g/mol. The first-order valence-corrected chi connectivity index (χ1v) is 10.8. The van der Waals surface area contributed by atoms with Gasteiger partial charge < -0.3 is 39.7 Å². The quantitative estimate of drug-likeness (QED) is 0.451. The molecular formula is C23H29ClN2O8. The Morgan fingerprint density at radius 2 is 1.56 bits per heavy atom. The molecule has 0 aliphatic carbocycles. The fraction of sp³-hybridized carbons (Fsp3) is 0.391. The van der Waals surface area contributed by atoms with E-state index < -0.39 is 24.1 Å². The molecule has 0 aromatic heterocycles. The third-order valence-corrected chi connectivity index (χ3v) is 5.01. The number of aliphatic carboxylic acids is 2. The molecule has 0 saturated carbocycles. The van der Waals surface area contributed by atoms with E-state index in [4.69, 9.17) is 41.5 Å². The molecular weight excluding hydrogens is 468 g/mol. The molecule has 0 amide bonds. The van der Waals surface area contributed by atoms with Gasteiger partial charge in [0.25, 0.3) is 0 Å². The summed E-state index contributed by atoms with van der Waals surface area (Å²) in [5.41, 5.74) is 2.01. The number of carboxylic acids is 2. The zero-order valence-electron chi connectivity index (χ0n) is 19.1. The van der Waals surface area contributed by atoms with Crippen LogP contribution in [0, 0.1) is 5.92 Å². The standard InChI is InChI=1S/C19H23ClN2O2.C4H6O6/c1-14(11-21(2)3)12-22-16-6-4-5-7-18(16)23-13-24-19-9-8-15(20)10-17(19)22;5-1(3(7)8)2(6)4(9)10/h4-10,14H,11-13H2,1-3H3;1-2,5-6H,(H,7,8)(H,9,10)/t;1-,2-/m.1/s1. The summed E-state index contributed by atoms with van der Waals surface area (Å²) < 4.78 is 11.6. The maximum absolute atomic E-state index is 9.77. The number of hydrogen-bond donors (Lipinski definition) is 4. The molecule has 11 heteroatoms. The molecule has 3 rings (SSSR count). The van der Waals surface area contributed by atoms with Crippen molar-refractivity contribution in [2.45, 2.75) is 19.1 Å². The van der Waals surface area contributed by atoms with E-state index in [2.05, 4.69) is 36.9 Å². The largest absolute Gasteiger partial charge is 0.479 e. The maximum Gasteiger partial charge on any atom is 0.335 e. The van der Waals surface area contributed by atoms with Gasteiger partial charge in [0.1, 0.15) is 11.5 Å². The van der Waals surface area contributed by atoms with Crippen LogP contribution in [-0.2, 0) is 9.59 Å². The third-order valence-electron chi connectivity index (χ3n) is 4.77. The van der Waals surface area contributed by atoms with Crippen molar-refractivity contribution in [3.63, 3.8) is 0 Å². The molecule has 1 heterocycles. The Morgan fingerprint density at radius 3 is 2.12 bits per heavy atom. The van der Waals surface area contributed by atoms with E-state index in [0.717, 1.165) is 36.0 Å². The van der Waals surface area contributed by atoms with Gasteiger partial charge in [-0.15, -0.1) is 0 Å². The highest BCUT2D eigenvalue weighted by atomic mass is 35.5. The summed E-state index contributed by atoms with van der Waals surface area (Å²) >= 11 is 6.26. The lowest BCUT2D eigenvalue weighted by atomic mass is 10.1. The summed E-state index contributed by atoms with van der Waals surface area (Å²) in [6, 6.07) is 13.8. The first-order valence-electron chi connectivity index (χ1n) is 10.4. The Bertz CT molecular complexity index is 969. The van der Waals surface area contributed by atoms with Crippen LogP contribution in [-0.4, -0.2) is 83.5 Å². The molecule has 34 heavy (non-hydrogen) atoms. The SMILES string of the molecule is CC(CN(C)C)CN1c2ccccc2OCOc2ccc(Cl)cc21.O=C(O)[C@H](O)[C@@H](O)C(=O)O. The molecule has 3 atom stereocenters. The van der Waals surface area contributed by atoms with Crippen molar-refractivity contribution in [2.75, 3.05) is 38.9 Å². The van der Waals surface area contributed by atoms with Crippen molar-refractivity contribution in [1.29, 1.82) is 0 Å². The average molecular weight is 497 g/mol. The second kappa shape index (κ2) is 12.4. The summed E-state index contributed by atoms with van der Waals surface area (Å²) in [5.74, 6) is -1.48. The number of benzene rings is 2. The molecule has 186 valence electrons. The predicted octanol–water partition coefficient (Wildman–Crippen LogP) is 2.28. The van der Waals surface area contributed by atoms with Crippen molar-refractivity contribution < 1.29 is 39.5 Å². The number of aliphatic hydroxyl groups is 2. The van der Waals surface area contributed by atoms with Gasteiger partial charge in [-0.2, -0.15) is 0 Å². The van der Waals surface area contributed by atoms with Gasteiger partial charge in [-0.3, -0.25) is 0 Å². The van der Waals surface area contributed by atoms with Gasteiger partial charge in [0.05, 0.1) is 11.4 Å². The van der Waals surface area contributed by atoms with Crippen LogP contribution in [0.5, 0.6) is 11.5 Å². The zero-order chi connectivity index (χ0) is 25.4. The normalized spacial score (nSPS) is 15.1. The average Bonchev–Trinajstić information content (AvgIpc) is 2.76. The van der Waals surface area contributed by atoms with Crippen molar-refractivity contribution in [3.8, 4) is 11.5 Å². The van der Waals surface area contributed by atoms with Crippen LogP contribution >= 0.6 is 11.6 Å². The Labute approximate surface area is 202 Å². The minimum Gasteiger partial charge on any atom is -0.479 e. The first kappa shape index (κ1) is 27.2. The first-order chi connectivity index (χ1) is 16.0. The number of nitrogens with zero attached hydrogens (tertiary/aromatic N) is 2. The number of hydrogen-bond acceptors (Lipinski definition) is 8. The Balaban J connectivity index is 0.000000347. The second-order valence-electron chi connectivity index (χ2n) is 8.03. The van der Waals surface area contributed by atoms with Crippen LogP contribution in [0.1, 0.15) is 6.92 Å². The van der Waals surface area contributed by atoms with Crippen LogP contribution in [0.2, 0.25) is 5.02 Å². The number of carbonyl (C=O) groups is 2. The minimum atomic E-state index is -2.27. The Morgan fingerprint density at radius 1 is 1.00 bits per heavy atom. The number of para-hydroxylation sites is 2. The number of rotatable bonds is 7. The highest BCUT2D eigenvalue weighted by Crippen LogP contribution is 2.42. The number of ether oxygens (including phenoxy) is 2. The van der Waals surface area contributed by atoms with E-state index in [1.165, 1.54) is 0 Å². The fourth-order valence-corrected chi connectivity index (χ4v) is 3.54. The number of carboxylic acid groups (broad SMARTS) is 2. The number of anilines is 2. The van der Waals surface area contributed by atoms with Gasteiger partial charge >= 0.3 is 11.9 Å². The smallest absolute Gasteiger partial charge is 0.335 e. The molecule has 1 aliphatic heterocycles. The molecule has 0 saturated heterocycles. The van der Waals surface area contributed by atoms with E-state index >= 15 is 0 Å². The second-order valence-corrected chi connectivity index (χ2v) is 8.47. The molecule has 10 nitrogen and oxygen atoms in total. The molecule has 1 aliphatic rings. The van der Waals surface area contributed by atoms with Crippen LogP contribution in [0.4, 0.5) is 11.4 Å². The van der Waals surface area contributed by atoms with Gasteiger partial charge in [0.15, 0.2) is 12.2 Å². The minimum absolute atomic E-state index is 0.187. The number of halogens is 1. The highest BCUT2D eigenvalue weighted by molar-refractivity contribution is 6.31. The predicted molar refractivity (Wildman–Crippen MR) is 126 cm³/mol. The summed E-state index contributed by atoms with van der Waals surface area (Å²) in [6.07, 6.45) is -4.53. The van der Waals surface area contributed by atoms with Crippen LogP contribution < -0.4 is 14.4 Å². The lowest BCUT2D eigenvalue weighted by molar-refractivity contribution is -0.165. The summed E-state index contributed by atoms with van der Waals surface area (Å²) in [4.78, 5) is 24.0. The molecule has 4 N–H and O–H groups in total. The molecule has 0 bridgehead atoms. The van der Waals surface area contributed by atoms with E-state index in [1.807, 2.05) is 36.4 Å². The molecule has 0 spiro atoms. The summed E-state index contributed by atoms with van der Waals surface area (Å²) in [5, 5.41) is 33.2. The molecule has 2 aromatic carbocycles. The Hall–Kier alpha value is -3.05. The van der Waals surface area contributed by atoms with Gasteiger partial charge in [0, 0.05) is 18.1 Å². The van der Waals surface area contributed by atoms with E-state index in [0.29, 0.717) is 10.9 Å². The summed E-state index contributed by atoms with van der Waals surface area (Å²) in [7, 11) is 4.18. The van der Waals surface area contributed by atoms with Gasteiger partial charge in [-0.05, 0) is 50.3 Å². The van der Waals surface area contributed by atoms with Gasteiger partial charge in [-0.1, -0.05) is 30.7 Å². The lowest BCUT2D eigenvalue weighted by Crippen LogP contribution is -2.39. The van der Waals surface area contributed by atoms with Crippen molar-refractivity contribution >= 4 is 34.9 Å². The van der Waals surface area contributed by atoms with E-state index in [-0.39, 0.29) is 6.79 Å². The van der Waals surface area contributed by atoms with Crippen molar-refractivity contribution in [3.05, 3.63) is 47.5 Å². The molecule has 0 radical (unpaired) electrons. The van der Waals surface area contributed by atoms with Crippen molar-refractivity contribution in [1.82, 2.24) is 4.90 Å². The lowest BCUT2D eigenvalue weighted by Gasteiger charge is -2.33. The number of aliphatic hydroxyl groups excluding tert-OH is 2. The molecule has 1 unspecified atom stereocenters. The number of fused-ring (bicyclic) bond motifs is 2. The Kier molecular flexibility index (Phi) is 9.94. The van der Waals surface area contributed by atoms with Crippen LogP contribution in [0.25, 0.3) is 0 Å². The van der Waals surface area contributed by atoms with Crippen LogP contribution in [0.15, 0.2) is 42.5 Å². The topological polar surface area (TPSA) is 140 Å². The maximum atomic E-state index is 9.77. The van der Waals surface area contributed by atoms with Gasteiger partial charge in [-0.25, -0.2) is 9.59 Å². The van der Waals surface area contributed by atoms with E-state index in [1.54, 1.807) is 0 Å². The molecule has 2 aromatic rings. The fourth-order valence-electron chi connectivity index (χ4n) is 3.37. The third kappa shape index (κ3) is 7.49.